The summed E-state index contributed by atoms with van der Waals surface area (Å²) in [4.78, 5) is 38.2. The Kier molecular flexibility index (Phi) is 4.97. The normalized spacial score (nSPS) is 20.0. The van der Waals surface area contributed by atoms with Gasteiger partial charge in [0.1, 0.15) is 0 Å². The maximum atomic E-state index is 12.8. The van der Waals surface area contributed by atoms with Crippen LogP contribution in [-0.4, -0.2) is 29.3 Å². The summed E-state index contributed by atoms with van der Waals surface area (Å²) in [5, 5.41) is 2.38. The predicted octanol–water partition coefficient (Wildman–Crippen LogP) is 3.82. The van der Waals surface area contributed by atoms with Gasteiger partial charge in [-0.25, -0.2) is 4.79 Å². The summed E-state index contributed by atoms with van der Waals surface area (Å²) in [5.41, 5.74) is -0.0615. The molecule has 6 nitrogen and oxygen atoms in total. The fourth-order valence-electron chi connectivity index (χ4n) is 3.46. The van der Waals surface area contributed by atoms with E-state index in [0.29, 0.717) is 5.69 Å². The van der Waals surface area contributed by atoms with Gasteiger partial charge >= 0.3 is 12.1 Å². The first-order valence-electron chi connectivity index (χ1n) is 8.96. The average molecular weight is 436 g/mol. The molecule has 30 heavy (non-hydrogen) atoms. The van der Waals surface area contributed by atoms with E-state index >= 15 is 0 Å². The minimum Gasteiger partial charge on any atom is -0.453 e. The Morgan fingerprint density at radius 3 is 2.53 bits per heavy atom. The summed E-state index contributed by atoms with van der Waals surface area (Å²) >= 11 is 1.22. The highest BCUT2D eigenvalue weighted by molar-refractivity contribution is 8.02. The standard InChI is InChI=1S/C20H15F3N2O4S/c21-20(22,23)12-5-7-13(8-6-12)24-16(26)11-29-18(28)19-10-9-17(27)25(19)14-3-1-2-4-15(14)30-19/h1-8H,9-11H2,(H,24,26). The number of rotatable bonds is 4. The van der Waals surface area contributed by atoms with E-state index in [2.05, 4.69) is 5.32 Å². The topological polar surface area (TPSA) is 75.7 Å². The van der Waals surface area contributed by atoms with Gasteiger partial charge in [-0.2, -0.15) is 13.2 Å². The van der Waals surface area contributed by atoms with Crippen molar-refractivity contribution in [3.8, 4) is 0 Å². The second kappa shape index (κ2) is 7.35. The van der Waals surface area contributed by atoms with Gasteiger partial charge in [0, 0.05) is 23.4 Å². The van der Waals surface area contributed by atoms with Crippen LogP contribution in [0.1, 0.15) is 18.4 Å². The van der Waals surface area contributed by atoms with Gasteiger partial charge in [-0.1, -0.05) is 23.9 Å². The fraction of sp³-hybridized carbons (Fsp3) is 0.250. The largest absolute Gasteiger partial charge is 0.453 e. The number of thioether (sulfide) groups is 1. The summed E-state index contributed by atoms with van der Waals surface area (Å²) in [6.07, 6.45) is -4.03. The van der Waals surface area contributed by atoms with E-state index in [1.807, 2.05) is 0 Å². The Labute approximate surface area is 173 Å². The number of hydrogen-bond donors (Lipinski definition) is 1. The Morgan fingerprint density at radius 2 is 1.83 bits per heavy atom. The first-order valence-corrected chi connectivity index (χ1v) is 9.78. The van der Waals surface area contributed by atoms with Gasteiger partial charge in [-0.3, -0.25) is 14.5 Å². The third-order valence-electron chi connectivity index (χ3n) is 4.82. The number of anilines is 2. The van der Waals surface area contributed by atoms with Crippen molar-refractivity contribution in [2.75, 3.05) is 16.8 Å². The highest BCUT2D eigenvalue weighted by atomic mass is 32.2. The Hall–Kier alpha value is -3.01. The number of hydrogen-bond acceptors (Lipinski definition) is 5. The number of fused-ring (bicyclic) bond motifs is 3. The molecule has 0 bridgehead atoms. The summed E-state index contributed by atoms with van der Waals surface area (Å²) in [5.74, 6) is -1.60. The van der Waals surface area contributed by atoms with Gasteiger partial charge in [0.15, 0.2) is 11.5 Å². The van der Waals surface area contributed by atoms with Crippen LogP contribution in [0.5, 0.6) is 0 Å². The van der Waals surface area contributed by atoms with Crippen molar-refractivity contribution in [2.24, 2.45) is 0 Å². The number of benzene rings is 2. The minimum absolute atomic E-state index is 0.141. The molecule has 2 aromatic rings. The van der Waals surface area contributed by atoms with E-state index < -0.39 is 35.1 Å². The second-order valence-corrected chi connectivity index (χ2v) is 8.10. The van der Waals surface area contributed by atoms with Crippen LogP contribution in [-0.2, 0) is 25.3 Å². The van der Waals surface area contributed by atoms with Gasteiger partial charge in [0.05, 0.1) is 11.3 Å². The molecule has 2 amide bonds. The van der Waals surface area contributed by atoms with E-state index in [9.17, 15) is 27.6 Å². The predicted molar refractivity (Wildman–Crippen MR) is 103 cm³/mol. The van der Waals surface area contributed by atoms with Crippen LogP contribution in [0.15, 0.2) is 53.4 Å². The number of carbonyl (C=O) groups is 3. The minimum atomic E-state index is -4.47. The maximum Gasteiger partial charge on any atom is 0.416 e. The molecule has 0 aliphatic carbocycles. The molecule has 10 heteroatoms. The molecule has 1 unspecified atom stereocenters. The van der Waals surface area contributed by atoms with Crippen molar-refractivity contribution >= 4 is 40.9 Å². The van der Waals surface area contributed by atoms with Crippen LogP contribution in [0.25, 0.3) is 0 Å². The van der Waals surface area contributed by atoms with Gasteiger partial charge in [0.2, 0.25) is 5.91 Å². The number of para-hydroxylation sites is 1. The molecule has 0 radical (unpaired) electrons. The number of esters is 1. The lowest BCUT2D eigenvalue weighted by Gasteiger charge is -2.28. The zero-order chi connectivity index (χ0) is 21.5. The van der Waals surface area contributed by atoms with E-state index in [0.717, 1.165) is 29.2 Å². The van der Waals surface area contributed by atoms with Crippen LogP contribution < -0.4 is 10.2 Å². The van der Waals surface area contributed by atoms with E-state index in [1.165, 1.54) is 16.7 Å². The number of amides is 2. The highest BCUT2D eigenvalue weighted by Crippen LogP contribution is 2.56. The molecule has 1 saturated heterocycles. The molecular weight excluding hydrogens is 421 g/mol. The summed E-state index contributed by atoms with van der Waals surface area (Å²) in [6, 6.07) is 11.0. The SMILES string of the molecule is O=C(COC(=O)C12CCC(=O)N1c1ccccc1S2)Nc1ccc(C(F)(F)F)cc1. The molecule has 0 spiro atoms. The Bertz CT molecular complexity index is 1030. The third-order valence-corrected chi connectivity index (χ3v) is 6.28. The van der Waals surface area contributed by atoms with Gasteiger partial charge < -0.3 is 10.1 Å². The first kappa shape index (κ1) is 20.3. The zero-order valence-corrected chi connectivity index (χ0v) is 16.2. The molecule has 4 rings (SSSR count). The Morgan fingerprint density at radius 1 is 1.13 bits per heavy atom. The molecule has 1 atom stereocenters. The van der Waals surface area contributed by atoms with Crippen LogP contribution in [0.3, 0.4) is 0 Å². The number of carbonyl (C=O) groups excluding carboxylic acids is 3. The Balaban J connectivity index is 1.40. The molecule has 2 aliphatic heterocycles. The van der Waals surface area contributed by atoms with Crippen molar-refractivity contribution in [2.45, 2.75) is 28.8 Å². The van der Waals surface area contributed by atoms with Crippen molar-refractivity contribution < 1.29 is 32.3 Å². The van der Waals surface area contributed by atoms with Gasteiger partial charge in [-0.15, -0.1) is 0 Å². The summed E-state index contributed by atoms with van der Waals surface area (Å²) < 4.78 is 43.0. The molecule has 1 N–H and O–H groups in total. The molecule has 2 aromatic carbocycles. The lowest BCUT2D eigenvalue weighted by molar-refractivity contribution is -0.149. The fourth-order valence-corrected chi connectivity index (χ4v) is 4.87. The number of halogens is 3. The highest BCUT2D eigenvalue weighted by Gasteiger charge is 2.58. The first-order chi connectivity index (χ1) is 14.2. The van der Waals surface area contributed by atoms with Crippen molar-refractivity contribution in [1.29, 1.82) is 0 Å². The average Bonchev–Trinajstić information content (AvgIpc) is 3.21. The van der Waals surface area contributed by atoms with Crippen LogP contribution in [0.2, 0.25) is 0 Å². The maximum absolute atomic E-state index is 12.8. The molecule has 156 valence electrons. The number of nitrogens with one attached hydrogen (secondary N) is 1. The van der Waals surface area contributed by atoms with Crippen LogP contribution >= 0.6 is 11.8 Å². The van der Waals surface area contributed by atoms with Crippen molar-refractivity contribution in [1.82, 2.24) is 0 Å². The molecule has 2 heterocycles. The molecule has 0 aromatic heterocycles. The van der Waals surface area contributed by atoms with Crippen LogP contribution in [0, 0.1) is 0 Å². The van der Waals surface area contributed by atoms with E-state index in [1.54, 1.807) is 24.3 Å². The second-order valence-electron chi connectivity index (χ2n) is 6.78. The number of alkyl halides is 3. The van der Waals surface area contributed by atoms with Crippen molar-refractivity contribution in [3.63, 3.8) is 0 Å². The lowest BCUT2D eigenvalue weighted by Crippen LogP contribution is -2.48. The monoisotopic (exact) mass is 436 g/mol. The summed E-state index contributed by atoms with van der Waals surface area (Å²) in [7, 11) is 0. The molecule has 2 aliphatic rings. The smallest absolute Gasteiger partial charge is 0.416 e. The lowest BCUT2D eigenvalue weighted by atomic mass is 10.2. The third kappa shape index (κ3) is 3.51. The molecule has 1 fully saturated rings. The zero-order valence-electron chi connectivity index (χ0n) is 15.4. The summed E-state index contributed by atoms with van der Waals surface area (Å²) in [6.45, 7) is -0.624. The van der Waals surface area contributed by atoms with Crippen LogP contribution in [0.4, 0.5) is 24.5 Å². The number of ether oxygens (including phenoxy) is 1. The van der Waals surface area contributed by atoms with Crippen molar-refractivity contribution in [3.05, 3.63) is 54.1 Å². The van der Waals surface area contributed by atoms with E-state index in [-0.39, 0.29) is 24.4 Å². The molecular formula is C20H15F3N2O4S. The van der Waals surface area contributed by atoms with E-state index in [4.69, 9.17) is 4.74 Å². The van der Waals surface area contributed by atoms with Gasteiger partial charge in [-0.05, 0) is 36.4 Å². The quantitative estimate of drug-likeness (QED) is 0.738. The number of nitrogens with zero attached hydrogens (tertiary/aromatic N) is 1. The molecule has 0 saturated carbocycles. The van der Waals surface area contributed by atoms with Gasteiger partial charge in [0.25, 0.3) is 5.91 Å².